The number of hydrogen-bond donors (Lipinski definition) is 0. The molecule has 2 aromatic heterocycles. The van der Waals surface area contributed by atoms with Crippen molar-refractivity contribution in [3.63, 3.8) is 0 Å². The Balaban J connectivity index is 1.60. The summed E-state index contributed by atoms with van der Waals surface area (Å²) in [5.41, 5.74) is -0.323. The summed E-state index contributed by atoms with van der Waals surface area (Å²) in [5.74, 6) is -0.267. The maximum absolute atomic E-state index is 13.0. The smallest absolute Gasteiger partial charge is 0.340 e. The molecule has 0 atom stereocenters. The van der Waals surface area contributed by atoms with Crippen LogP contribution < -0.4 is 0 Å². The fraction of sp³-hybridized carbons (Fsp3) is 0.611. The second-order valence-electron chi connectivity index (χ2n) is 7.44. The van der Waals surface area contributed by atoms with Gasteiger partial charge in [-0.05, 0) is 36.7 Å². The highest BCUT2D eigenvalue weighted by molar-refractivity contribution is 9.10. The Morgan fingerprint density at radius 3 is 2.28 bits per heavy atom. The van der Waals surface area contributed by atoms with Crippen LogP contribution in [-0.2, 0) is 34.1 Å². The molecule has 1 amide bonds. The van der Waals surface area contributed by atoms with E-state index in [9.17, 15) is 26.4 Å². The zero-order valence-corrected chi connectivity index (χ0v) is 20.3. The van der Waals surface area contributed by atoms with Crippen LogP contribution in [0.25, 0.3) is 0 Å². The second kappa shape index (κ2) is 9.14. The Bertz CT molecular complexity index is 1100. The number of aryl methyl sites for hydroxylation is 3. The molecule has 178 valence electrons. The summed E-state index contributed by atoms with van der Waals surface area (Å²) in [5, 5.41) is 7.75. The van der Waals surface area contributed by atoms with Gasteiger partial charge < -0.3 is 4.90 Å². The minimum absolute atomic E-state index is 0.00669. The van der Waals surface area contributed by atoms with Crippen LogP contribution in [0.5, 0.6) is 0 Å². The predicted molar refractivity (Wildman–Crippen MR) is 112 cm³/mol. The molecule has 0 unspecified atom stereocenters. The molecule has 0 aliphatic carbocycles. The maximum Gasteiger partial charge on any atom is 0.436 e. The van der Waals surface area contributed by atoms with Crippen molar-refractivity contribution in [2.45, 2.75) is 51.4 Å². The summed E-state index contributed by atoms with van der Waals surface area (Å²) >= 11 is 2.91. The standard InChI is InChI=1S/C18H24BrF3N6O3S/c1-4-26-11-14(12(2)23-26)32(30,31)27-9-7-25(8-10-27)15(29)5-6-28-13(3)16(19)17(24-28)18(20,21)22/h11H,4-10H2,1-3H3. The summed E-state index contributed by atoms with van der Waals surface area (Å²) < 4.78 is 68.8. The van der Waals surface area contributed by atoms with Crippen molar-refractivity contribution in [2.75, 3.05) is 26.2 Å². The first kappa shape index (κ1) is 24.7. The molecule has 9 nitrogen and oxygen atoms in total. The lowest BCUT2D eigenvalue weighted by atomic mass is 10.3. The van der Waals surface area contributed by atoms with Crippen LogP contribution >= 0.6 is 15.9 Å². The third kappa shape index (κ3) is 4.86. The lowest BCUT2D eigenvalue weighted by molar-refractivity contribution is -0.142. The average Bonchev–Trinajstić information content (AvgIpc) is 3.26. The summed E-state index contributed by atoms with van der Waals surface area (Å²) in [6.07, 6.45) is -3.13. The predicted octanol–water partition coefficient (Wildman–Crippen LogP) is 2.42. The average molecular weight is 541 g/mol. The van der Waals surface area contributed by atoms with Crippen LogP contribution in [0.3, 0.4) is 0 Å². The van der Waals surface area contributed by atoms with Crippen molar-refractivity contribution in [1.29, 1.82) is 0 Å². The highest BCUT2D eigenvalue weighted by Crippen LogP contribution is 2.35. The number of carbonyl (C=O) groups is 1. The number of aromatic nitrogens is 4. The number of rotatable bonds is 6. The molecule has 1 aliphatic rings. The van der Waals surface area contributed by atoms with E-state index < -0.39 is 21.9 Å². The van der Waals surface area contributed by atoms with Gasteiger partial charge in [0.1, 0.15) is 4.90 Å². The fourth-order valence-electron chi connectivity index (χ4n) is 3.51. The monoisotopic (exact) mass is 540 g/mol. The number of carbonyl (C=O) groups excluding carboxylic acids is 1. The molecule has 1 saturated heterocycles. The topological polar surface area (TPSA) is 93.3 Å². The summed E-state index contributed by atoms with van der Waals surface area (Å²) in [6, 6.07) is 0. The summed E-state index contributed by atoms with van der Waals surface area (Å²) in [4.78, 5) is 14.2. The number of piperazine rings is 1. The van der Waals surface area contributed by atoms with E-state index in [0.29, 0.717) is 12.2 Å². The second-order valence-corrected chi connectivity index (χ2v) is 10.1. The summed E-state index contributed by atoms with van der Waals surface area (Å²) in [7, 11) is -3.72. The highest BCUT2D eigenvalue weighted by Gasteiger charge is 2.38. The third-order valence-corrected chi connectivity index (χ3v) is 8.32. The van der Waals surface area contributed by atoms with Gasteiger partial charge in [0.25, 0.3) is 0 Å². The van der Waals surface area contributed by atoms with Gasteiger partial charge in [-0.1, -0.05) is 0 Å². The molecule has 0 radical (unpaired) electrons. The van der Waals surface area contributed by atoms with E-state index in [1.165, 1.54) is 22.3 Å². The quantitative estimate of drug-likeness (QED) is 0.560. The molecule has 2 aromatic rings. The minimum Gasteiger partial charge on any atom is -0.340 e. The molecule has 3 heterocycles. The minimum atomic E-state index is -4.59. The Morgan fingerprint density at radius 2 is 1.78 bits per heavy atom. The van der Waals surface area contributed by atoms with Crippen molar-refractivity contribution < 1.29 is 26.4 Å². The van der Waals surface area contributed by atoms with Crippen molar-refractivity contribution in [3.8, 4) is 0 Å². The van der Waals surface area contributed by atoms with Crippen LogP contribution in [0.1, 0.15) is 30.4 Å². The molecule has 3 rings (SSSR count). The Morgan fingerprint density at radius 1 is 1.16 bits per heavy atom. The molecule has 0 N–H and O–H groups in total. The molecule has 0 bridgehead atoms. The largest absolute Gasteiger partial charge is 0.436 e. The SMILES string of the molecule is CCn1cc(S(=O)(=O)N2CCN(C(=O)CCn3nc(C(F)(F)F)c(Br)c3C)CC2)c(C)n1. The maximum atomic E-state index is 13.0. The van der Waals surface area contributed by atoms with Gasteiger partial charge in [-0.2, -0.15) is 27.7 Å². The number of hydrogen-bond acceptors (Lipinski definition) is 5. The van der Waals surface area contributed by atoms with E-state index in [2.05, 4.69) is 26.1 Å². The molecule has 0 saturated carbocycles. The van der Waals surface area contributed by atoms with Crippen molar-refractivity contribution >= 4 is 31.9 Å². The normalized spacial score (nSPS) is 16.0. The van der Waals surface area contributed by atoms with E-state index >= 15 is 0 Å². The van der Waals surface area contributed by atoms with Crippen molar-refractivity contribution in [3.05, 3.63) is 27.8 Å². The van der Waals surface area contributed by atoms with Crippen LogP contribution in [-0.4, -0.2) is 69.3 Å². The van der Waals surface area contributed by atoms with Gasteiger partial charge in [-0.3, -0.25) is 14.2 Å². The lowest BCUT2D eigenvalue weighted by Crippen LogP contribution is -2.50. The molecule has 1 aliphatic heterocycles. The Hall–Kier alpha value is -1.93. The summed E-state index contributed by atoms with van der Waals surface area (Å²) in [6.45, 7) is 6.21. The number of sulfonamides is 1. The zero-order chi connectivity index (χ0) is 23.8. The molecule has 0 spiro atoms. The van der Waals surface area contributed by atoms with E-state index in [4.69, 9.17) is 0 Å². The van der Waals surface area contributed by atoms with Crippen LogP contribution in [0, 0.1) is 13.8 Å². The fourth-order valence-corrected chi connectivity index (χ4v) is 5.61. The lowest BCUT2D eigenvalue weighted by Gasteiger charge is -2.34. The van der Waals surface area contributed by atoms with E-state index in [1.807, 2.05) is 6.92 Å². The molecule has 0 aromatic carbocycles. The molecule has 1 fully saturated rings. The van der Waals surface area contributed by atoms with E-state index in [1.54, 1.807) is 11.6 Å². The molecule has 32 heavy (non-hydrogen) atoms. The molecular weight excluding hydrogens is 517 g/mol. The van der Waals surface area contributed by atoms with Gasteiger partial charge in [0, 0.05) is 45.3 Å². The number of halogens is 4. The van der Waals surface area contributed by atoms with Gasteiger partial charge in [0.15, 0.2) is 5.69 Å². The van der Waals surface area contributed by atoms with Gasteiger partial charge >= 0.3 is 6.18 Å². The first-order chi connectivity index (χ1) is 14.9. The van der Waals surface area contributed by atoms with Gasteiger partial charge in [-0.15, -0.1) is 0 Å². The van der Waals surface area contributed by atoms with Gasteiger partial charge in [0.05, 0.1) is 22.4 Å². The molecular formula is C18H24BrF3N6O3S. The van der Waals surface area contributed by atoms with Crippen molar-refractivity contribution in [2.24, 2.45) is 0 Å². The Kier molecular flexibility index (Phi) is 7.05. The third-order valence-electron chi connectivity index (χ3n) is 5.37. The highest BCUT2D eigenvalue weighted by atomic mass is 79.9. The number of amides is 1. The molecule has 14 heteroatoms. The Labute approximate surface area is 192 Å². The van der Waals surface area contributed by atoms with E-state index in [0.717, 1.165) is 4.68 Å². The first-order valence-electron chi connectivity index (χ1n) is 9.98. The van der Waals surface area contributed by atoms with Crippen LogP contribution in [0.4, 0.5) is 13.2 Å². The van der Waals surface area contributed by atoms with Crippen LogP contribution in [0.2, 0.25) is 0 Å². The van der Waals surface area contributed by atoms with Gasteiger partial charge in [0.2, 0.25) is 15.9 Å². The van der Waals surface area contributed by atoms with Gasteiger partial charge in [-0.25, -0.2) is 8.42 Å². The number of nitrogens with zero attached hydrogens (tertiary/aromatic N) is 6. The van der Waals surface area contributed by atoms with E-state index in [-0.39, 0.29) is 60.1 Å². The zero-order valence-electron chi connectivity index (χ0n) is 17.9. The first-order valence-corrected chi connectivity index (χ1v) is 12.2. The number of alkyl halides is 3. The van der Waals surface area contributed by atoms with Crippen LogP contribution in [0.15, 0.2) is 15.6 Å². The van der Waals surface area contributed by atoms with Crippen molar-refractivity contribution in [1.82, 2.24) is 28.8 Å².